The molecule has 0 radical (unpaired) electrons. The molecule has 1 fully saturated rings. The van der Waals surface area contributed by atoms with E-state index in [1.165, 1.54) is 0 Å². The normalized spacial score (nSPS) is 22.5. The van der Waals surface area contributed by atoms with Crippen molar-refractivity contribution in [1.29, 1.82) is 0 Å². The first-order valence-corrected chi connectivity index (χ1v) is 5.59. The van der Waals surface area contributed by atoms with Crippen LogP contribution in [-0.2, 0) is 9.53 Å². The Hall–Kier alpha value is -0.610. The van der Waals surface area contributed by atoms with Gasteiger partial charge in [-0.05, 0) is 33.2 Å². The lowest BCUT2D eigenvalue weighted by Gasteiger charge is -2.26. The van der Waals surface area contributed by atoms with Gasteiger partial charge in [-0.2, -0.15) is 0 Å². The van der Waals surface area contributed by atoms with Crippen molar-refractivity contribution in [3.8, 4) is 0 Å². The average Bonchev–Trinajstić information content (AvgIpc) is 2.27. The number of ether oxygens (including phenoxy) is 1. The highest BCUT2D eigenvalue weighted by Crippen LogP contribution is 2.11. The molecule has 4 heteroatoms. The van der Waals surface area contributed by atoms with Crippen molar-refractivity contribution >= 4 is 5.91 Å². The highest BCUT2D eigenvalue weighted by Gasteiger charge is 2.23. The molecule has 0 saturated carbocycles. The molecule has 1 amide bonds. The van der Waals surface area contributed by atoms with Gasteiger partial charge in [-0.15, -0.1) is 0 Å². The van der Waals surface area contributed by atoms with Gasteiger partial charge in [0.05, 0.1) is 11.5 Å². The van der Waals surface area contributed by atoms with Crippen molar-refractivity contribution in [2.45, 2.75) is 32.3 Å². The Morgan fingerprint density at radius 2 is 2.33 bits per heavy atom. The van der Waals surface area contributed by atoms with E-state index in [0.29, 0.717) is 6.54 Å². The van der Waals surface area contributed by atoms with Crippen LogP contribution in [0.2, 0.25) is 0 Å². The molecule has 0 aromatic heterocycles. The van der Waals surface area contributed by atoms with Gasteiger partial charge < -0.3 is 15.4 Å². The van der Waals surface area contributed by atoms with Gasteiger partial charge in [0.15, 0.2) is 0 Å². The Bertz CT molecular complexity index is 211. The van der Waals surface area contributed by atoms with E-state index in [-0.39, 0.29) is 17.4 Å². The molecule has 2 N–H and O–H groups in total. The zero-order valence-corrected chi connectivity index (χ0v) is 9.93. The molecule has 0 unspecified atom stereocenters. The molecular weight excluding hydrogens is 192 g/mol. The van der Waals surface area contributed by atoms with Crippen molar-refractivity contribution in [2.75, 3.05) is 26.7 Å². The molecule has 1 rings (SSSR count). The molecular formula is C11H22N2O2. The number of amides is 1. The molecule has 1 aliphatic heterocycles. The van der Waals surface area contributed by atoms with Gasteiger partial charge in [0.2, 0.25) is 5.91 Å². The molecule has 4 nitrogen and oxygen atoms in total. The summed E-state index contributed by atoms with van der Waals surface area (Å²) in [5.74, 6) is 0.277. The molecule has 0 spiro atoms. The van der Waals surface area contributed by atoms with Gasteiger partial charge >= 0.3 is 0 Å². The van der Waals surface area contributed by atoms with Crippen LogP contribution in [0.3, 0.4) is 0 Å². The summed E-state index contributed by atoms with van der Waals surface area (Å²) in [7, 11) is 1.66. The molecule has 1 heterocycles. The molecule has 1 aliphatic rings. The largest absolute Gasteiger partial charge is 0.377 e. The van der Waals surface area contributed by atoms with E-state index in [1.807, 2.05) is 13.8 Å². The lowest BCUT2D eigenvalue weighted by molar-refractivity contribution is -0.126. The predicted molar refractivity (Wildman–Crippen MR) is 59.7 cm³/mol. The maximum Gasteiger partial charge on any atom is 0.224 e. The van der Waals surface area contributed by atoms with Crippen molar-refractivity contribution in [1.82, 2.24) is 10.6 Å². The number of nitrogens with one attached hydrogen (secondary N) is 2. The zero-order chi connectivity index (χ0) is 11.3. The molecule has 88 valence electrons. The van der Waals surface area contributed by atoms with Crippen LogP contribution in [0, 0.1) is 5.92 Å². The van der Waals surface area contributed by atoms with E-state index in [9.17, 15) is 4.79 Å². The third kappa shape index (κ3) is 4.18. The van der Waals surface area contributed by atoms with Crippen molar-refractivity contribution in [3.63, 3.8) is 0 Å². The first-order valence-electron chi connectivity index (χ1n) is 5.59. The fourth-order valence-corrected chi connectivity index (χ4v) is 1.59. The zero-order valence-electron chi connectivity index (χ0n) is 9.93. The maximum absolute atomic E-state index is 11.8. The van der Waals surface area contributed by atoms with E-state index >= 15 is 0 Å². The van der Waals surface area contributed by atoms with E-state index in [0.717, 1.165) is 25.9 Å². The summed E-state index contributed by atoms with van der Waals surface area (Å²) in [6.07, 6.45) is 2.08. The number of hydrogen-bond donors (Lipinski definition) is 2. The van der Waals surface area contributed by atoms with Crippen LogP contribution in [0.15, 0.2) is 0 Å². The second kappa shape index (κ2) is 5.47. The highest BCUT2D eigenvalue weighted by atomic mass is 16.5. The van der Waals surface area contributed by atoms with Crippen molar-refractivity contribution in [2.24, 2.45) is 5.92 Å². The van der Waals surface area contributed by atoms with Gasteiger partial charge in [0, 0.05) is 20.2 Å². The van der Waals surface area contributed by atoms with E-state index < -0.39 is 0 Å². The molecule has 15 heavy (non-hydrogen) atoms. The second-order valence-electron chi connectivity index (χ2n) is 4.72. The number of piperidine rings is 1. The fourth-order valence-electron chi connectivity index (χ4n) is 1.59. The number of methoxy groups -OCH3 is 1. The van der Waals surface area contributed by atoms with Crippen molar-refractivity contribution < 1.29 is 9.53 Å². The molecule has 1 atom stereocenters. The Labute approximate surface area is 91.8 Å². The number of carbonyl (C=O) groups excluding carboxylic acids is 1. The molecule has 1 saturated heterocycles. The first-order chi connectivity index (χ1) is 7.05. The average molecular weight is 214 g/mol. The number of hydrogen-bond acceptors (Lipinski definition) is 3. The van der Waals surface area contributed by atoms with Crippen LogP contribution >= 0.6 is 0 Å². The quantitative estimate of drug-likeness (QED) is 0.717. The first kappa shape index (κ1) is 12.5. The van der Waals surface area contributed by atoms with Crippen LogP contribution in [0.5, 0.6) is 0 Å². The minimum absolute atomic E-state index is 0.131. The monoisotopic (exact) mass is 214 g/mol. The Kier molecular flexibility index (Phi) is 4.54. The van der Waals surface area contributed by atoms with E-state index in [4.69, 9.17) is 4.74 Å². The van der Waals surface area contributed by atoms with Gasteiger partial charge in [-0.1, -0.05) is 0 Å². The lowest BCUT2D eigenvalue weighted by Crippen LogP contribution is -2.45. The van der Waals surface area contributed by atoms with Gasteiger partial charge in [0.25, 0.3) is 0 Å². The summed E-state index contributed by atoms with van der Waals surface area (Å²) in [5.41, 5.74) is -0.280. The molecule has 0 aromatic rings. The standard InChI is InChI=1S/C11H22N2O2/c1-11(2,15-3)8-13-10(14)9-5-4-6-12-7-9/h9,12H,4-8H2,1-3H3,(H,13,14)/t9-/m0/s1. The van der Waals surface area contributed by atoms with Gasteiger partial charge in [-0.25, -0.2) is 0 Å². The van der Waals surface area contributed by atoms with Gasteiger partial charge in [0.1, 0.15) is 0 Å². The number of carbonyl (C=O) groups is 1. The van der Waals surface area contributed by atoms with Gasteiger partial charge in [-0.3, -0.25) is 4.79 Å². The van der Waals surface area contributed by atoms with Crippen LogP contribution in [0.1, 0.15) is 26.7 Å². The Morgan fingerprint density at radius 1 is 1.60 bits per heavy atom. The van der Waals surface area contributed by atoms with Crippen LogP contribution in [0.25, 0.3) is 0 Å². The maximum atomic E-state index is 11.8. The molecule has 0 bridgehead atoms. The summed E-state index contributed by atoms with van der Waals surface area (Å²) >= 11 is 0. The summed E-state index contributed by atoms with van der Waals surface area (Å²) < 4.78 is 5.25. The van der Waals surface area contributed by atoms with Crippen LogP contribution < -0.4 is 10.6 Å². The third-order valence-corrected chi connectivity index (χ3v) is 2.91. The predicted octanol–water partition coefficient (Wildman–Crippen LogP) is 0.527. The Balaban J connectivity index is 2.28. The molecule has 0 aliphatic carbocycles. The summed E-state index contributed by atoms with van der Waals surface area (Å²) in [4.78, 5) is 11.8. The highest BCUT2D eigenvalue weighted by molar-refractivity contribution is 5.79. The topological polar surface area (TPSA) is 50.4 Å². The summed E-state index contributed by atoms with van der Waals surface area (Å²) in [6, 6.07) is 0. The Morgan fingerprint density at radius 3 is 2.87 bits per heavy atom. The lowest BCUT2D eigenvalue weighted by atomic mass is 9.98. The minimum atomic E-state index is -0.280. The summed E-state index contributed by atoms with van der Waals surface area (Å²) in [5, 5.41) is 6.17. The summed E-state index contributed by atoms with van der Waals surface area (Å²) in [6.45, 7) is 6.34. The number of rotatable bonds is 4. The van der Waals surface area contributed by atoms with E-state index in [1.54, 1.807) is 7.11 Å². The van der Waals surface area contributed by atoms with Crippen LogP contribution in [-0.4, -0.2) is 38.3 Å². The SMILES string of the molecule is COC(C)(C)CNC(=O)[C@H]1CCCNC1. The smallest absolute Gasteiger partial charge is 0.224 e. The molecule has 0 aromatic carbocycles. The van der Waals surface area contributed by atoms with E-state index in [2.05, 4.69) is 10.6 Å². The third-order valence-electron chi connectivity index (χ3n) is 2.91. The second-order valence-corrected chi connectivity index (χ2v) is 4.72. The van der Waals surface area contributed by atoms with Crippen LogP contribution in [0.4, 0.5) is 0 Å². The fraction of sp³-hybridized carbons (Fsp3) is 0.909. The minimum Gasteiger partial charge on any atom is -0.377 e. The van der Waals surface area contributed by atoms with Crippen molar-refractivity contribution in [3.05, 3.63) is 0 Å².